The van der Waals surface area contributed by atoms with Crippen LogP contribution in [0.1, 0.15) is 0 Å². The molecule has 0 saturated carbocycles. The van der Waals surface area contributed by atoms with Crippen molar-refractivity contribution in [2.45, 2.75) is 12.2 Å². The van der Waals surface area contributed by atoms with Crippen molar-refractivity contribution in [1.29, 1.82) is 0 Å². The van der Waals surface area contributed by atoms with E-state index < -0.39 is 12.2 Å². The number of benzene rings is 1. The van der Waals surface area contributed by atoms with Gasteiger partial charge in [-0.25, -0.2) is 0 Å². The maximum absolute atomic E-state index is 9.38. The van der Waals surface area contributed by atoms with E-state index in [9.17, 15) is 10.2 Å². The number of hydrogen-bond donors (Lipinski definition) is 3. The molecule has 1 heterocycles. The molecular weight excluding hydrogens is 180 g/mol. The van der Waals surface area contributed by atoms with Gasteiger partial charge in [-0.15, -0.1) is 0 Å². The van der Waals surface area contributed by atoms with E-state index in [2.05, 4.69) is 5.73 Å². The molecule has 2 rings (SSSR count). The van der Waals surface area contributed by atoms with Crippen molar-refractivity contribution in [2.75, 3.05) is 18.0 Å². The number of β-amino-alcohol motifs (C(OH)–C–C–N with tert-alkyl or cyclic N) is 2. The summed E-state index contributed by atoms with van der Waals surface area (Å²) in [7, 11) is 0. The Morgan fingerprint density at radius 3 is 2.07 bits per heavy atom. The highest BCUT2D eigenvalue weighted by atomic mass is 16.3. The molecule has 0 aromatic heterocycles. The monoisotopic (exact) mass is 195 g/mol. The minimum absolute atomic E-state index is 0.498. The predicted molar refractivity (Wildman–Crippen MR) is 53.2 cm³/mol. The van der Waals surface area contributed by atoms with E-state index >= 15 is 0 Å². The third kappa shape index (κ3) is 1.72. The van der Waals surface area contributed by atoms with Gasteiger partial charge in [-0.3, -0.25) is 0 Å². The van der Waals surface area contributed by atoms with Crippen LogP contribution in [-0.2, 0) is 0 Å². The van der Waals surface area contributed by atoms with Crippen molar-refractivity contribution in [3.63, 3.8) is 0 Å². The second-order valence-electron chi connectivity index (χ2n) is 3.71. The third-order valence-corrected chi connectivity index (χ3v) is 2.56. The first kappa shape index (κ1) is 9.45. The highest BCUT2D eigenvalue weighted by Gasteiger charge is 2.29. The fourth-order valence-electron chi connectivity index (χ4n) is 1.69. The molecule has 1 fully saturated rings. The molecule has 1 aromatic rings. The Morgan fingerprint density at radius 2 is 1.57 bits per heavy atom. The lowest BCUT2D eigenvalue weighted by Gasteiger charge is -2.16. The molecule has 2 atom stereocenters. The summed E-state index contributed by atoms with van der Waals surface area (Å²) >= 11 is 0. The number of nitrogens with zero attached hydrogens (tertiary/aromatic N) is 1. The molecule has 0 unspecified atom stereocenters. The van der Waals surface area contributed by atoms with Crippen LogP contribution < -0.4 is 10.6 Å². The zero-order chi connectivity index (χ0) is 10.1. The summed E-state index contributed by atoms with van der Waals surface area (Å²) in [6.07, 6.45) is -1.26. The number of hydrogen-bond acceptors (Lipinski definition) is 3. The summed E-state index contributed by atoms with van der Waals surface area (Å²) in [5.41, 5.74) is 5.79. The zero-order valence-corrected chi connectivity index (χ0v) is 7.93. The van der Waals surface area contributed by atoms with Crippen molar-refractivity contribution in [3.05, 3.63) is 24.3 Å². The van der Waals surface area contributed by atoms with Gasteiger partial charge < -0.3 is 20.8 Å². The van der Waals surface area contributed by atoms with E-state index in [0.29, 0.717) is 13.1 Å². The molecule has 5 N–H and O–H groups in total. The Balaban J connectivity index is 2.13. The van der Waals surface area contributed by atoms with Gasteiger partial charge in [-0.1, -0.05) is 0 Å². The van der Waals surface area contributed by atoms with E-state index in [4.69, 9.17) is 0 Å². The number of rotatable bonds is 1. The molecule has 1 saturated heterocycles. The van der Waals surface area contributed by atoms with Gasteiger partial charge in [0.05, 0.1) is 12.2 Å². The van der Waals surface area contributed by atoms with Crippen molar-refractivity contribution < 1.29 is 15.9 Å². The SMILES string of the molecule is [NH3+]c1ccc(N2C[C@@H](O)[C@@H](O)C2)cc1. The van der Waals surface area contributed by atoms with Gasteiger partial charge in [0.1, 0.15) is 5.69 Å². The number of anilines is 1. The third-order valence-electron chi connectivity index (χ3n) is 2.56. The first-order chi connectivity index (χ1) is 6.66. The molecule has 0 spiro atoms. The Bertz CT molecular complexity index is 302. The van der Waals surface area contributed by atoms with Crippen LogP contribution in [0, 0.1) is 0 Å². The molecule has 14 heavy (non-hydrogen) atoms. The van der Waals surface area contributed by atoms with E-state index in [1.54, 1.807) is 0 Å². The summed E-state index contributed by atoms with van der Waals surface area (Å²) in [4.78, 5) is 1.97. The van der Waals surface area contributed by atoms with Gasteiger partial charge in [-0.05, 0) is 12.1 Å². The summed E-state index contributed by atoms with van der Waals surface area (Å²) < 4.78 is 0. The summed E-state index contributed by atoms with van der Waals surface area (Å²) in [6, 6.07) is 7.75. The van der Waals surface area contributed by atoms with Gasteiger partial charge in [0.25, 0.3) is 0 Å². The number of aliphatic hydroxyl groups excluding tert-OH is 2. The average Bonchev–Trinajstić information content (AvgIpc) is 2.48. The van der Waals surface area contributed by atoms with Crippen molar-refractivity contribution in [2.24, 2.45) is 0 Å². The van der Waals surface area contributed by atoms with Crippen LogP contribution in [0.3, 0.4) is 0 Å². The van der Waals surface area contributed by atoms with Crippen LogP contribution in [0.4, 0.5) is 11.4 Å². The number of quaternary nitrogens is 1. The molecule has 4 nitrogen and oxygen atoms in total. The van der Waals surface area contributed by atoms with Crippen LogP contribution in [0.5, 0.6) is 0 Å². The van der Waals surface area contributed by atoms with Crippen molar-refractivity contribution >= 4 is 11.4 Å². The van der Waals surface area contributed by atoms with E-state index in [0.717, 1.165) is 11.4 Å². The van der Waals surface area contributed by atoms with Gasteiger partial charge in [-0.2, -0.15) is 0 Å². The molecule has 0 amide bonds. The lowest BCUT2D eigenvalue weighted by atomic mass is 10.2. The smallest absolute Gasteiger partial charge is 0.128 e. The largest absolute Gasteiger partial charge is 0.389 e. The highest BCUT2D eigenvalue weighted by Crippen LogP contribution is 2.21. The molecule has 0 radical (unpaired) electrons. The Hall–Kier alpha value is -1.10. The van der Waals surface area contributed by atoms with Gasteiger partial charge in [0, 0.05) is 30.9 Å². The average molecular weight is 195 g/mol. The maximum atomic E-state index is 9.38. The summed E-state index contributed by atoms with van der Waals surface area (Å²) in [5.74, 6) is 0. The van der Waals surface area contributed by atoms with Crippen LogP contribution in [-0.4, -0.2) is 35.5 Å². The molecule has 1 aliphatic rings. The minimum Gasteiger partial charge on any atom is -0.389 e. The molecular formula is C10H15N2O2+. The van der Waals surface area contributed by atoms with Crippen LogP contribution >= 0.6 is 0 Å². The van der Waals surface area contributed by atoms with Crippen LogP contribution in [0.15, 0.2) is 24.3 Å². The van der Waals surface area contributed by atoms with Crippen LogP contribution in [0.2, 0.25) is 0 Å². The summed E-state index contributed by atoms with van der Waals surface area (Å²) in [6.45, 7) is 0.995. The predicted octanol–water partition coefficient (Wildman–Crippen LogP) is -0.898. The maximum Gasteiger partial charge on any atom is 0.128 e. The van der Waals surface area contributed by atoms with E-state index in [1.165, 1.54) is 0 Å². The van der Waals surface area contributed by atoms with Gasteiger partial charge in [0.2, 0.25) is 0 Å². The fourth-order valence-corrected chi connectivity index (χ4v) is 1.69. The highest BCUT2D eigenvalue weighted by molar-refractivity contribution is 5.51. The second kappa shape index (κ2) is 3.57. The molecule has 0 bridgehead atoms. The Kier molecular flexibility index (Phi) is 2.41. The number of aliphatic hydroxyl groups is 2. The molecule has 0 aliphatic carbocycles. The Morgan fingerprint density at radius 1 is 1.07 bits per heavy atom. The quantitative estimate of drug-likeness (QED) is 0.544. The van der Waals surface area contributed by atoms with Gasteiger partial charge in [0.15, 0.2) is 0 Å². The van der Waals surface area contributed by atoms with Crippen molar-refractivity contribution in [1.82, 2.24) is 0 Å². The van der Waals surface area contributed by atoms with E-state index in [-0.39, 0.29) is 0 Å². The summed E-state index contributed by atoms with van der Waals surface area (Å²) in [5, 5.41) is 18.8. The molecule has 1 aromatic carbocycles. The molecule has 76 valence electrons. The molecule has 1 aliphatic heterocycles. The second-order valence-corrected chi connectivity index (χ2v) is 3.71. The standard InChI is InChI=1S/C10H14N2O2/c11-7-1-3-8(4-2-7)12-5-9(13)10(14)6-12/h1-4,9-10,13-14H,5-6,11H2/p+1/t9-,10+. The van der Waals surface area contributed by atoms with Crippen LogP contribution in [0.25, 0.3) is 0 Å². The lowest BCUT2D eigenvalue weighted by molar-refractivity contribution is -0.254. The topological polar surface area (TPSA) is 71.3 Å². The minimum atomic E-state index is -0.630. The normalized spacial score (nSPS) is 26.9. The fraction of sp³-hybridized carbons (Fsp3) is 0.400. The Labute approximate surface area is 82.6 Å². The first-order valence-corrected chi connectivity index (χ1v) is 4.70. The lowest BCUT2D eigenvalue weighted by Crippen LogP contribution is -2.40. The zero-order valence-electron chi connectivity index (χ0n) is 7.93. The van der Waals surface area contributed by atoms with E-state index in [1.807, 2.05) is 29.2 Å². The molecule has 4 heteroatoms. The van der Waals surface area contributed by atoms with Crippen molar-refractivity contribution in [3.8, 4) is 0 Å². The van der Waals surface area contributed by atoms with Gasteiger partial charge >= 0.3 is 0 Å². The first-order valence-electron chi connectivity index (χ1n) is 4.70.